The van der Waals surface area contributed by atoms with Gasteiger partial charge in [-0.05, 0) is 36.3 Å². The Balaban J connectivity index is 2.14. The minimum absolute atomic E-state index is 0.246. The normalized spacial score (nSPS) is 19.8. The maximum atomic E-state index is 12.2. The molecule has 2 aromatic carbocycles. The molecule has 1 heterocycles. The van der Waals surface area contributed by atoms with E-state index in [1.54, 1.807) is 49.4 Å². The summed E-state index contributed by atoms with van der Waals surface area (Å²) >= 11 is 5.98. The van der Waals surface area contributed by atoms with Crippen LogP contribution in [0.15, 0.2) is 54.1 Å². The standard InChI is InChI=1S/C17H13ClO3/c1-10(11-5-4-6-12(18)9-11)15-16(19)13-7-2-3-8-14(13)21-17(15)20/h2-9,16,19H,1H3/b15-10+. The second kappa shape index (κ2) is 5.35. The Morgan fingerprint density at radius 3 is 2.71 bits per heavy atom. The maximum Gasteiger partial charge on any atom is 0.342 e. The Hall–Kier alpha value is -2.10. The summed E-state index contributed by atoms with van der Waals surface area (Å²) in [5.41, 5.74) is 2.28. The first-order valence-corrected chi connectivity index (χ1v) is 6.91. The van der Waals surface area contributed by atoms with Crippen molar-refractivity contribution in [2.24, 2.45) is 0 Å². The van der Waals surface area contributed by atoms with E-state index in [0.717, 1.165) is 5.56 Å². The van der Waals surface area contributed by atoms with Crippen molar-refractivity contribution in [3.63, 3.8) is 0 Å². The molecular formula is C17H13ClO3. The predicted octanol–water partition coefficient (Wildman–Crippen LogP) is 3.77. The smallest absolute Gasteiger partial charge is 0.342 e. The largest absolute Gasteiger partial charge is 0.423 e. The quantitative estimate of drug-likeness (QED) is 0.495. The molecule has 1 aliphatic heterocycles. The average molecular weight is 301 g/mol. The topological polar surface area (TPSA) is 46.5 Å². The van der Waals surface area contributed by atoms with Gasteiger partial charge in [0.05, 0.1) is 5.57 Å². The van der Waals surface area contributed by atoms with Gasteiger partial charge in [0.2, 0.25) is 0 Å². The summed E-state index contributed by atoms with van der Waals surface area (Å²) < 4.78 is 5.30. The van der Waals surface area contributed by atoms with Gasteiger partial charge in [0, 0.05) is 10.6 Å². The Morgan fingerprint density at radius 2 is 1.95 bits per heavy atom. The average Bonchev–Trinajstić information content (AvgIpc) is 2.47. The number of carbonyl (C=O) groups excluding carboxylic acids is 1. The van der Waals surface area contributed by atoms with Crippen LogP contribution in [0.25, 0.3) is 5.57 Å². The van der Waals surface area contributed by atoms with Crippen molar-refractivity contribution in [2.45, 2.75) is 13.0 Å². The van der Waals surface area contributed by atoms with Crippen LogP contribution in [0.5, 0.6) is 5.75 Å². The van der Waals surface area contributed by atoms with Crippen LogP contribution in [0.4, 0.5) is 0 Å². The minimum atomic E-state index is -0.999. The van der Waals surface area contributed by atoms with Gasteiger partial charge >= 0.3 is 5.97 Å². The zero-order valence-corrected chi connectivity index (χ0v) is 12.1. The van der Waals surface area contributed by atoms with Gasteiger partial charge in [0.1, 0.15) is 11.9 Å². The molecule has 21 heavy (non-hydrogen) atoms. The molecule has 1 N–H and O–H groups in total. The molecule has 1 unspecified atom stereocenters. The third-order valence-electron chi connectivity index (χ3n) is 3.57. The molecule has 3 nitrogen and oxygen atoms in total. The molecule has 1 aliphatic rings. The van der Waals surface area contributed by atoms with E-state index in [4.69, 9.17) is 16.3 Å². The van der Waals surface area contributed by atoms with E-state index >= 15 is 0 Å². The Labute approximate surface area is 127 Å². The summed E-state index contributed by atoms with van der Waals surface area (Å²) in [6.45, 7) is 1.78. The number of esters is 1. The fourth-order valence-electron chi connectivity index (χ4n) is 2.46. The summed E-state index contributed by atoms with van der Waals surface area (Å²) in [7, 11) is 0. The number of aliphatic hydroxyl groups is 1. The van der Waals surface area contributed by atoms with Crippen LogP contribution in [0.1, 0.15) is 24.2 Å². The molecule has 0 saturated carbocycles. The van der Waals surface area contributed by atoms with E-state index in [1.807, 2.05) is 6.07 Å². The number of allylic oxidation sites excluding steroid dienone is 1. The van der Waals surface area contributed by atoms with Crippen LogP contribution >= 0.6 is 11.6 Å². The number of aliphatic hydroxyl groups excluding tert-OH is 1. The molecule has 0 radical (unpaired) electrons. The molecule has 0 aromatic heterocycles. The maximum absolute atomic E-state index is 12.2. The van der Waals surface area contributed by atoms with Gasteiger partial charge in [-0.3, -0.25) is 0 Å². The van der Waals surface area contributed by atoms with Gasteiger partial charge in [-0.1, -0.05) is 41.9 Å². The molecule has 4 heteroatoms. The number of halogens is 1. The van der Waals surface area contributed by atoms with Crippen LogP contribution in [0, 0.1) is 0 Å². The molecule has 0 saturated heterocycles. The van der Waals surface area contributed by atoms with Crippen molar-refractivity contribution in [1.82, 2.24) is 0 Å². The van der Waals surface area contributed by atoms with E-state index in [1.165, 1.54) is 0 Å². The zero-order valence-electron chi connectivity index (χ0n) is 11.3. The van der Waals surface area contributed by atoms with Gasteiger partial charge in [0.25, 0.3) is 0 Å². The number of benzene rings is 2. The van der Waals surface area contributed by atoms with Gasteiger partial charge in [-0.25, -0.2) is 4.79 Å². The highest BCUT2D eigenvalue weighted by molar-refractivity contribution is 6.30. The first-order valence-electron chi connectivity index (χ1n) is 6.54. The number of rotatable bonds is 1. The SMILES string of the molecule is C/C(=C1\C(=O)Oc2ccccc2C1O)c1cccc(Cl)c1. The van der Waals surface area contributed by atoms with Gasteiger partial charge in [-0.15, -0.1) is 0 Å². The fraction of sp³-hybridized carbons (Fsp3) is 0.118. The van der Waals surface area contributed by atoms with E-state index < -0.39 is 12.1 Å². The minimum Gasteiger partial charge on any atom is -0.423 e. The predicted molar refractivity (Wildman–Crippen MR) is 81.1 cm³/mol. The first kappa shape index (κ1) is 13.9. The summed E-state index contributed by atoms with van der Waals surface area (Å²) in [5.74, 6) is -0.128. The lowest BCUT2D eigenvalue weighted by Gasteiger charge is -2.24. The van der Waals surface area contributed by atoms with Crippen molar-refractivity contribution in [1.29, 1.82) is 0 Å². The Bertz CT molecular complexity index is 749. The van der Waals surface area contributed by atoms with Crippen LogP contribution < -0.4 is 4.74 Å². The molecule has 2 aromatic rings. The van der Waals surface area contributed by atoms with Crippen LogP contribution in [-0.4, -0.2) is 11.1 Å². The molecule has 0 amide bonds. The first-order chi connectivity index (χ1) is 10.1. The number of fused-ring (bicyclic) bond motifs is 1. The Morgan fingerprint density at radius 1 is 1.19 bits per heavy atom. The van der Waals surface area contributed by atoms with Gasteiger partial charge in [0.15, 0.2) is 0 Å². The van der Waals surface area contributed by atoms with Crippen molar-refractivity contribution < 1.29 is 14.6 Å². The fourth-order valence-corrected chi connectivity index (χ4v) is 2.65. The lowest BCUT2D eigenvalue weighted by atomic mass is 9.91. The lowest BCUT2D eigenvalue weighted by molar-refractivity contribution is -0.132. The number of carbonyl (C=O) groups is 1. The number of ether oxygens (including phenoxy) is 1. The summed E-state index contributed by atoms with van der Waals surface area (Å²) in [5, 5.41) is 11.1. The van der Waals surface area contributed by atoms with Gasteiger partial charge in [-0.2, -0.15) is 0 Å². The Kier molecular flexibility index (Phi) is 3.53. The van der Waals surface area contributed by atoms with E-state index in [2.05, 4.69) is 0 Å². The molecule has 0 aliphatic carbocycles. The highest BCUT2D eigenvalue weighted by Gasteiger charge is 2.32. The summed E-state index contributed by atoms with van der Waals surface area (Å²) in [6.07, 6.45) is -0.999. The molecular weight excluding hydrogens is 288 g/mol. The summed E-state index contributed by atoms with van der Waals surface area (Å²) in [6, 6.07) is 14.1. The van der Waals surface area contributed by atoms with Gasteiger partial charge < -0.3 is 9.84 Å². The molecule has 1 atom stereocenters. The number of hydrogen-bond acceptors (Lipinski definition) is 3. The third kappa shape index (κ3) is 2.46. The van der Waals surface area contributed by atoms with Crippen LogP contribution in [0.2, 0.25) is 5.02 Å². The molecule has 0 spiro atoms. The third-order valence-corrected chi connectivity index (χ3v) is 3.81. The molecule has 0 fully saturated rings. The highest BCUT2D eigenvalue weighted by atomic mass is 35.5. The zero-order chi connectivity index (χ0) is 15.0. The van der Waals surface area contributed by atoms with Crippen molar-refractivity contribution in [3.8, 4) is 5.75 Å². The highest BCUT2D eigenvalue weighted by Crippen LogP contribution is 2.39. The van der Waals surface area contributed by atoms with Crippen molar-refractivity contribution in [3.05, 3.63) is 70.3 Å². The molecule has 3 rings (SSSR count). The number of para-hydroxylation sites is 1. The van der Waals surface area contributed by atoms with Crippen molar-refractivity contribution in [2.75, 3.05) is 0 Å². The summed E-state index contributed by atoms with van der Waals surface area (Å²) in [4.78, 5) is 12.2. The lowest BCUT2D eigenvalue weighted by Crippen LogP contribution is -2.24. The van der Waals surface area contributed by atoms with E-state index in [-0.39, 0.29) is 5.57 Å². The van der Waals surface area contributed by atoms with Crippen molar-refractivity contribution >= 4 is 23.1 Å². The van der Waals surface area contributed by atoms with Crippen LogP contribution in [-0.2, 0) is 4.79 Å². The molecule has 0 bridgehead atoms. The second-order valence-electron chi connectivity index (χ2n) is 4.88. The van der Waals surface area contributed by atoms with E-state index in [0.29, 0.717) is 21.9 Å². The monoisotopic (exact) mass is 300 g/mol. The molecule has 106 valence electrons. The van der Waals surface area contributed by atoms with Crippen LogP contribution in [0.3, 0.4) is 0 Å². The second-order valence-corrected chi connectivity index (χ2v) is 5.32. The van der Waals surface area contributed by atoms with E-state index in [9.17, 15) is 9.90 Å². The number of hydrogen-bond donors (Lipinski definition) is 1.